The number of nitrogens with zero attached hydrogens (tertiary/aromatic N) is 3. The molecule has 1 saturated carbocycles. The highest BCUT2D eigenvalue weighted by Crippen LogP contribution is 2.41. The van der Waals surface area contributed by atoms with E-state index in [0.717, 1.165) is 29.8 Å². The molecule has 2 heterocycles. The maximum Gasteiger partial charge on any atom is 0.258 e. The van der Waals surface area contributed by atoms with Crippen LogP contribution in [0.1, 0.15) is 57.2 Å². The van der Waals surface area contributed by atoms with Crippen LogP contribution in [0.3, 0.4) is 0 Å². The van der Waals surface area contributed by atoms with Crippen LogP contribution in [-0.2, 0) is 11.3 Å². The zero-order chi connectivity index (χ0) is 19.1. The van der Waals surface area contributed by atoms with E-state index >= 15 is 0 Å². The Labute approximate surface area is 159 Å². The lowest BCUT2D eigenvalue weighted by Gasteiger charge is -2.34. The predicted molar refractivity (Wildman–Crippen MR) is 103 cm³/mol. The second-order valence-electron chi connectivity index (χ2n) is 7.92. The van der Waals surface area contributed by atoms with Gasteiger partial charge in [-0.25, -0.2) is 0 Å². The van der Waals surface area contributed by atoms with Crippen LogP contribution in [0.15, 0.2) is 18.2 Å². The van der Waals surface area contributed by atoms with Crippen molar-refractivity contribution >= 4 is 11.8 Å². The van der Waals surface area contributed by atoms with E-state index in [1.54, 1.807) is 4.90 Å². The summed E-state index contributed by atoms with van der Waals surface area (Å²) in [4.78, 5) is 29.2. The highest BCUT2D eigenvalue weighted by molar-refractivity contribution is 5.99. The summed E-state index contributed by atoms with van der Waals surface area (Å²) in [5.74, 6) is 0.334. The van der Waals surface area contributed by atoms with Gasteiger partial charge in [-0.2, -0.15) is 5.10 Å². The highest BCUT2D eigenvalue weighted by Gasteiger charge is 2.35. The fourth-order valence-electron chi connectivity index (χ4n) is 3.96. The van der Waals surface area contributed by atoms with Crippen LogP contribution in [-0.4, -0.2) is 51.4 Å². The van der Waals surface area contributed by atoms with Crippen molar-refractivity contribution < 1.29 is 9.59 Å². The van der Waals surface area contributed by atoms with E-state index in [-0.39, 0.29) is 18.4 Å². The molecule has 1 N–H and O–H groups in total. The number of aromatic amines is 1. The van der Waals surface area contributed by atoms with E-state index in [1.807, 2.05) is 11.8 Å². The summed E-state index contributed by atoms with van der Waals surface area (Å²) >= 11 is 0. The molecule has 1 aliphatic carbocycles. The average Bonchev–Trinajstić information content (AvgIpc) is 3.37. The molecule has 0 atom stereocenters. The molecule has 2 amide bonds. The van der Waals surface area contributed by atoms with Gasteiger partial charge in [0.05, 0.1) is 11.3 Å². The second-order valence-corrected chi connectivity index (χ2v) is 7.92. The first-order chi connectivity index (χ1) is 12.9. The second kappa shape index (κ2) is 6.83. The third-order valence-corrected chi connectivity index (χ3v) is 5.41. The number of carbonyl (C=O) groups is 2. The number of aryl methyl sites for hydroxylation is 3. The van der Waals surface area contributed by atoms with Crippen molar-refractivity contribution in [3.8, 4) is 0 Å². The van der Waals surface area contributed by atoms with Gasteiger partial charge in [0.2, 0.25) is 5.91 Å². The molecule has 4 rings (SSSR count). The molecule has 1 aromatic carbocycles. The first-order valence-corrected chi connectivity index (χ1v) is 9.61. The maximum absolute atomic E-state index is 13.0. The summed E-state index contributed by atoms with van der Waals surface area (Å²) in [7, 11) is 0. The quantitative estimate of drug-likeness (QED) is 0.904. The summed E-state index contributed by atoms with van der Waals surface area (Å²) in [6.07, 6.45) is 2.18. The molecule has 27 heavy (non-hydrogen) atoms. The molecule has 0 spiro atoms. The molecular formula is C21H26N4O2. The van der Waals surface area contributed by atoms with Crippen LogP contribution in [0.25, 0.3) is 0 Å². The number of benzene rings is 1. The monoisotopic (exact) mass is 366 g/mol. The smallest absolute Gasteiger partial charge is 0.258 e. The zero-order valence-corrected chi connectivity index (χ0v) is 16.2. The number of hydrogen-bond donors (Lipinski definition) is 1. The van der Waals surface area contributed by atoms with Crippen molar-refractivity contribution in [1.29, 1.82) is 0 Å². The van der Waals surface area contributed by atoms with Gasteiger partial charge in [-0.1, -0.05) is 29.3 Å². The Morgan fingerprint density at radius 3 is 2.48 bits per heavy atom. The van der Waals surface area contributed by atoms with Crippen LogP contribution in [0, 0.1) is 20.8 Å². The molecular weight excluding hydrogens is 340 g/mol. The lowest BCUT2D eigenvalue weighted by Crippen LogP contribution is -2.52. The summed E-state index contributed by atoms with van der Waals surface area (Å²) in [5.41, 5.74) is 5.90. The molecule has 1 aromatic heterocycles. The highest BCUT2D eigenvalue weighted by atomic mass is 16.2. The van der Waals surface area contributed by atoms with Crippen LogP contribution < -0.4 is 0 Å². The summed E-state index contributed by atoms with van der Waals surface area (Å²) < 4.78 is 0. The van der Waals surface area contributed by atoms with Gasteiger partial charge in [-0.15, -0.1) is 0 Å². The number of nitrogens with one attached hydrogen (secondary N) is 1. The molecule has 6 heteroatoms. The van der Waals surface area contributed by atoms with Crippen LogP contribution in [0.2, 0.25) is 0 Å². The average molecular weight is 366 g/mol. The van der Waals surface area contributed by atoms with Crippen LogP contribution in [0.5, 0.6) is 0 Å². The number of hydrogen-bond acceptors (Lipinski definition) is 3. The number of rotatable bonds is 4. The Morgan fingerprint density at radius 2 is 1.85 bits per heavy atom. The largest absolute Gasteiger partial charge is 0.335 e. The molecule has 0 bridgehead atoms. The zero-order valence-electron chi connectivity index (χ0n) is 16.2. The lowest BCUT2D eigenvalue weighted by atomic mass is 10.1. The lowest BCUT2D eigenvalue weighted by molar-refractivity contribution is -0.135. The van der Waals surface area contributed by atoms with Gasteiger partial charge in [0.1, 0.15) is 6.54 Å². The minimum atomic E-state index is -0.0671. The Morgan fingerprint density at radius 1 is 1.15 bits per heavy atom. The van der Waals surface area contributed by atoms with E-state index in [1.165, 1.54) is 11.1 Å². The minimum absolute atomic E-state index is 0.00267. The van der Waals surface area contributed by atoms with Crippen molar-refractivity contribution in [2.24, 2.45) is 0 Å². The molecule has 2 fully saturated rings. The molecule has 6 nitrogen and oxygen atoms in total. The first-order valence-electron chi connectivity index (χ1n) is 9.61. The molecule has 2 aromatic rings. The van der Waals surface area contributed by atoms with Crippen molar-refractivity contribution in [2.45, 2.75) is 46.1 Å². The standard InChI is InChI=1S/C21H26N4O2/c1-13-8-14(2)10-16(9-13)11-24-6-7-25(12-18(24)26)21(27)19-15(3)22-23-20(19)17-4-5-17/h8-10,17H,4-7,11-12H2,1-3H3,(H,22,23). The van der Waals surface area contributed by atoms with Gasteiger partial charge in [0, 0.05) is 31.2 Å². The third kappa shape index (κ3) is 3.61. The SMILES string of the molecule is Cc1cc(C)cc(CN2CCN(C(=O)c3c(C4CC4)n[nH]c3C)CC2=O)c1. The normalized spacial score (nSPS) is 17.5. The van der Waals surface area contributed by atoms with Gasteiger partial charge < -0.3 is 9.80 Å². The van der Waals surface area contributed by atoms with Gasteiger partial charge in [-0.05, 0) is 39.2 Å². The van der Waals surface area contributed by atoms with E-state index < -0.39 is 0 Å². The first kappa shape index (κ1) is 17.8. The number of carbonyl (C=O) groups excluding carboxylic acids is 2. The predicted octanol–water partition coefficient (Wildman–Crippen LogP) is 2.70. The topological polar surface area (TPSA) is 69.3 Å². The minimum Gasteiger partial charge on any atom is -0.335 e. The summed E-state index contributed by atoms with van der Waals surface area (Å²) in [5, 5.41) is 7.28. The number of amides is 2. The molecule has 0 radical (unpaired) electrons. The third-order valence-electron chi connectivity index (χ3n) is 5.41. The van der Waals surface area contributed by atoms with E-state index in [9.17, 15) is 9.59 Å². The summed E-state index contributed by atoms with van der Waals surface area (Å²) in [6.45, 7) is 7.88. The molecule has 2 aliphatic rings. The van der Waals surface area contributed by atoms with Crippen molar-refractivity contribution in [1.82, 2.24) is 20.0 Å². The Bertz CT molecular complexity index is 877. The summed E-state index contributed by atoms with van der Waals surface area (Å²) in [6, 6.07) is 6.37. The maximum atomic E-state index is 13.0. The van der Waals surface area contributed by atoms with Crippen LogP contribution >= 0.6 is 0 Å². The number of piperazine rings is 1. The van der Waals surface area contributed by atoms with Crippen molar-refractivity contribution in [3.05, 3.63) is 51.8 Å². The van der Waals surface area contributed by atoms with Crippen molar-refractivity contribution in [3.63, 3.8) is 0 Å². The molecule has 1 aliphatic heterocycles. The van der Waals surface area contributed by atoms with E-state index in [4.69, 9.17) is 0 Å². The van der Waals surface area contributed by atoms with E-state index in [2.05, 4.69) is 42.2 Å². The van der Waals surface area contributed by atoms with E-state index in [0.29, 0.717) is 31.1 Å². The van der Waals surface area contributed by atoms with Crippen LogP contribution in [0.4, 0.5) is 0 Å². The number of H-pyrrole nitrogens is 1. The molecule has 0 unspecified atom stereocenters. The van der Waals surface area contributed by atoms with Gasteiger partial charge in [0.15, 0.2) is 0 Å². The molecule has 1 saturated heterocycles. The fourth-order valence-corrected chi connectivity index (χ4v) is 3.96. The Balaban J connectivity index is 1.45. The van der Waals surface area contributed by atoms with Gasteiger partial charge in [-0.3, -0.25) is 14.7 Å². The fraction of sp³-hybridized carbons (Fsp3) is 0.476. The Hall–Kier alpha value is -2.63. The van der Waals surface area contributed by atoms with Crippen molar-refractivity contribution in [2.75, 3.05) is 19.6 Å². The number of aromatic nitrogens is 2. The molecule has 142 valence electrons. The van der Waals surface area contributed by atoms with Gasteiger partial charge >= 0.3 is 0 Å². The van der Waals surface area contributed by atoms with Gasteiger partial charge in [0.25, 0.3) is 5.91 Å². The Kier molecular flexibility index (Phi) is 4.50.